The molecule has 0 bridgehead atoms. The molecular formula is C12H15ClN4. The maximum Gasteiger partial charge on any atom is 0.0819 e. The predicted octanol–water partition coefficient (Wildman–Crippen LogP) is 2.30. The molecule has 0 fully saturated rings. The molecule has 0 atom stereocenters. The SMILES string of the molecule is Cc1cc(-n2cc(Cl)c(C)n2)c(CN)c(C)n1. The van der Waals surface area contributed by atoms with E-state index in [0.29, 0.717) is 11.6 Å². The third-order valence-corrected chi connectivity index (χ3v) is 3.10. The Hall–Kier alpha value is -1.39. The lowest BCUT2D eigenvalue weighted by molar-refractivity contribution is 0.829. The molecule has 2 rings (SSSR count). The molecule has 0 saturated heterocycles. The van der Waals surface area contributed by atoms with Crippen molar-refractivity contribution < 1.29 is 0 Å². The van der Waals surface area contributed by atoms with Gasteiger partial charge in [0.25, 0.3) is 0 Å². The second-order valence-electron chi connectivity index (χ2n) is 4.06. The van der Waals surface area contributed by atoms with E-state index in [4.69, 9.17) is 17.3 Å². The normalized spacial score (nSPS) is 10.9. The molecule has 0 aliphatic carbocycles. The van der Waals surface area contributed by atoms with Crippen molar-refractivity contribution in [3.8, 4) is 5.69 Å². The zero-order chi connectivity index (χ0) is 12.6. The number of hydrogen-bond donors (Lipinski definition) is 1. The molecule has 0 aliphatic rings. The summed E-state index contributed by atoms with van der Waals surface area (Å²) in [6.45, 7) is 6.22. The van der Waals surface area contributed by atoms with E-state index in [2.05, 4.69) is 10.1 Å². The smallest absolute Gasteiger partial charge is 0.0819 e. The van der Waals surface area contributed by atoms with Gasteiger partial charge in [-0.3, -0.25) is 4.98 Å². The third kappa shape index (κ3) is 2.18. The van der Waals surface area contributed by atoms with Gasteiger partial charge >= 0.3 is 0 Å². The summed E-state index contributed by atoms with van der Waals surface area (Å²) >= 11 is 6.02. The molecule has 0 saturated carbocycles. The largest absolute Gasteiger partial charge is 0.326 e. The molecule has 90 valence electrons. The summed E-state index contributed by atoms with van der Waals surface area (Å²) in [5.41, 5.74) is 10.4. The summed E-state index contributed by atoms with van der Waals surface area (Å²) in [7, 11) is 0. The van der Waals surface area contributed by atoms with Gasteiger partial charge in [-0.25, -0.2) is 4.68 Å². The number of nitrogens with two attached hydrogens (primary N) is 1. The van der Waals surface area contributed by atoms with E-state index in [9.17, 15) is 0 Å². The molecule has 0 aromatic carbocycles. The fourth-order valence-corrected chi connectivity index (χ4v) is 1.98. The summed E-state index contributed by atoms with van der Waals surface area (Å²) in [4.78, 5) is 4.41. The zero-order valence-corrected chi connectivity index (χ0v) is 10.9. The summed E-state index contributed by atoms with van der Waals surface area (Å²) in [6.07, 6.45) is 1.80. The van der Waals surface area contributed by atoms with Crippen LogP contribution in [0, 0.1) is 20.8 Å². The lowest BCUT2D eigenvalue weighted by Crippen LogP contribution is -2.09. The van der Waals surface area contributed by atoms with Crippen LogP contribution in [0.5, 0.6) is 0 Å². The van der Waals surface area contributed by atoms with Crippen molar-refractivity contribution in [3.05, 3.63) is 39.9 Å². The first-order valence-electron chi connectivity index (χ1n) is 5.42. The Morgan fingerprint density at radius 1 is 1.29 bits per heavy atom. The van der Waals surface area contributed by atoms with E-state index in [1.54, 1.807) is 10.9 Å². The molecule has 2 aromatic heterocycles. The topological polar surface area (TPSA) is 56.7 Å². The first-order valence-corrected chi connectivity index (χ1v) is 5.80. The van der Waals surface area contributed by atoms with Crippen molar-refractivity contribution in [2.45, 2.75) is 27.3 Å². The predicted molar refractivity (Wildman–Crippen MR) is 68.5 cm³/mol. The molecule has 0 aliphatic heterocycles. The van der Waals surface area contributed by atoms with E-state index in [1.807, 2.05) is 26.8 Å². The van der Waals surface area contributed by atoms with Crippen LogP contribution in [-0.2, 0) is 6.54 Å². The van der Waals surface area contributed by atoms with E-state index < -0.39 is 0 Å². The highest BCUT2D eigenvalue weighted by atomic mass is 35.5. The number of hydrogen-bond acceptors (Lipinski definition) is 3. The second-order valence-corrected chi connectivity index (χ2v) is 4.47. The maximum absolute atomic E-state index is 6.02. The first kappa shape index (κ1) is 12.1. The van der Waals surface area contributed by atoms with Crippen LogP contribution >= 0.6 is 11.6 Å². The van der Waals surface area contributed by atoms with E-state index in [-0.39, 0.29) is 0 Å². The second kappa shape index (κ2) is 4.47. The molecule has 17 heavy (non-hydrogen) atoms. The van der Waals surface area contributed by atoms with Crippen molar-refractivity contribution in [2.24, 2.45) is 5.73 Å². The minimum atomic E-state index is 0.435. The molecule has 0 spiro atoms. The van der Waals surface area contributed by atoms with Gasteiger partial charge in [0.1, 0.15) is 0 Å². The molecule has 5 heteroatoms. The quantitative estimate of drug-likeness (QED) is 0.890. The molecule has 0 amide bonds. The molecular weight excluding hydrogens is 236 g/mol. The molecule has 0 radical (unpaired) electrons. The zero-order valence-electron chi connectivity index (χ0n) is 10.2. The van der Waals surface area contributed by atoms with Crippen molar-refractivity contribution in [1.29, 1.82) is 0 Å². The van der Waals surface area contributed by atoms with E-state index in [0.717, 1.165) is 28.3 Å². The Kier molecular flexibility index (Phi) is 3.17. The van der Waals surface area contributed by atoms with Crippen LogP contribution in [0.1, 0.15) is 22.6 Å². The number of nitrogens with zero attached hydrogens (tertiary/aromatic N) is 3. The fraction of sp³-hybridized carbons (Fsp3) is 0.333. The number of halogens is 1. The Labute approximate surface area is 105 Å². The monoisotopic (exact) mass is 250 g/mol. The molecule has 0 unspecified atom stereocenters. The van der Waals surface area contributed by atoms with Gasteiger partial charge in [-0.05, 0) is 26.8 Å². The van der Waals surface area contributed by atoms with Gasteiger partial charge in [0.15, 0.2) is 0 Å². The summed E-state index contributed by atoms with van der Waals surface area (Å²) in [5, 5.41) is 5.03. The van der Waals surface area contributed by atoms with Crippen LogP contribution in [0.15, 0.2) is 12.3 Å². The van der Waals surface area contributed by atoms with Gasteiger partial charge < -0.3 is 5.73 Å². The Balaban J connectivity index is 2.65. The van der Waals surface area contributed by atoms with Crippen molar-refractivity contribution in [2.75, 3.05) is 0 Å². The lowest BCUT2D eigenvalue weighted by Gasteiger charge is -2.11. The van der Waals surface area contributed by atoms with Gasteiger partial charge in [0, 0.05) is 29.7 Å². The molecule has 4 nitrogen and oxygen atoms in total. The highest BCUT2D eigenvalue weighted by molar-refractivity contribution is 6.31. The standard InChI is InChI=1S/C12H15ClN4/c1-7-4-12(10(5-14)8(2)15-7)17-6-11(13)9(3)16-17/h4,6H,5,14H2,1-3H3. The third-order valence-electron chi connectivity index (χ3n) is 2.73. The van der Waals surface area contributed by atoms with E-state index in [1.165, 1.54) is 0 Å². The molecule has 2 heterocycles. The highest BCUT2D eigenvalue weighted by Crippen LogP contribution is 2.21. The van der Waals surface area contributed by atoms with Gasteiger partial charge in [-0.2, -0.15) is 5.10 Å². The number of rotatable bonds is 2. The van der Waals surface area contributed by atoms with Crippen LogP contribution in [0.25, 0.3) is 5.69 Å². The number of pyridine rings is 1. The molecule has 2 N–H and O–H groups in total. The Bertz CT molecular complexity index is 540. The first-order chi connectivity index (χ1) is 8.02. The molecule has 2 aromatic rings. The van der Waals surface area contributed by atoms with Crippen LogP contribution in [0.4, 0.5) is 0 Å². The highest BCUT2D eigenvalue weighted by Gasteiger charge is 2.11. The van der Waals surface area contributed by atoms with Crippen molar-refractivity contribution >= 4 is 11.6 Å². The van der Waals surface area contributed by atoms with Crippen molar-refractivity contribution in [3.63, 3.8) is 0 Å². The Morgan fingerprint density at radius 2 is 2.00 bits per heavy atom. The average Bonchev–Trinajstić information content (AvgIpc) is 2.58. The fourth-order valence-electron chi connectivity index (χ4n) is 1.85. The van der Waals surface area contributed by atoms with Crippen LogP contribution in [0.2, 0.25) is 5.02 Å². The number of aryl methyl sites for hydroxylation is 3. The number of aromatic nitrogens is 3. The van der Waals surface area contributed by atoms with Gasteiger partial charge in [0.05, 0.1) is 16.4 Å². The Morgan fingerprint density at radius 3 is 2.53 bits per heavy atom. The summed E-state index contributed by atoms with van der Waals surface area (Å²) in [5.74, 6) is 0. The van der Waals surface area contributed by atoms with E-state index >= 15 is 0 Å². The van der Waals surface area contributed by atoms with Gasteiger partial charge in [-0.15, -0.1) is 0 Å². The average molecular weight is 251 g/mol. The maximum atomic E-state index is 6.02. The van der Waals surface area contributed by atoms with Crippen LogP contribution in [0.3, 0.4) is 0 Å². The van der Waals surface area contributed by atoms with Crippen molar-refractivity contribution in [1.82, 2.24) is 14.8 Å². The van der Waals surface area contributed by atoms with Gasteiger partial charge in [0.2, 0.25) is 0 Å². The summed E-state index contributed by atoms with van der Waals surface area (Å²) < 4.78 is 1.77. The summed E-state index contributed by atoms with van der Waals surface area (Å²) in [6, 6.07) is 1.97. The minimum Gasteiger partial charge on any atom is -0.326 e. The lowest BCUT2D eigenvalue weighted by atomic mass is 10.1. The van der Waals surface area contributed by atoms with Crippen LogP contribution < -0.4 is 5.73 Å². The minimum absolute atomic E-state index is 0.435. The van der Waals surface area contributed by atoms with Crippen LogP contribution in [-0.4, -0.2) is 14.8 Å². The van der Waals surface area contributed by atoms with Gasteiger partial charge in [-0.1, -0.05) is 11.6 Å².